The van der Waals surface area contributed by atoms with Gasteiger partial charge in [0.1, 0.15) is 0 Å². The molecule has 3 nitrogen and oxygen atoms in total. The van der Waals surface area contributed by atoms with Crippen molar-refractivity contribution in [2.75, 3.05) is 0 Å². The van der Waals surface area contributed by atoms with E-state index >= 15 is 0 Å². The van der Waals surface area contributed by atoms with Crippen molar-refractivity contribution in [1.29, 1.82) is 0 Å². The monoisotopic (exact) mass is 234 g/mol. The summed E-state index contributed by atoms with van der Waals surface area (Å²) < 4.78 is 0. The van der Waals surface area contributed by atoms with Gasteiger partial charge in [-0.05, 0) is 24.0 Å². The molecule has 0 aliphatic heterocycles. The minimum absolute atomic E-state index is 0.275. The van der Waals surface area contributed by atoms with Crippen molar-refractivity contribution >= 4 is 5.91 Å². The molecule has 0 aliphatic rings. The molecular formula is C14H22N2O. The summed E-state index contributed by atoms with van der Waals surface area (Å²) in [5, 5.41) is 0. The quantitative estimate of drug-likeness (QED) is 0.737. The molecule has 3 heteroatoms. The topological polar surface area (TPSA) is 56.0 Å². The van der Waals surface area contributed by atoms with E-state index in [0.717, 1.165) is 11.3 Å². The van der Waals surface area contributed by atoms with Gasteiger partial charge in [-0.3, -0.25) is 9.78 Å². The van der Waals surface area contributed by atoms with Gasteiger partial charge in [0, 0.05) is 11.9 Å². The fraction of sp³-hybridized carbons (Fsp3) is 0.571. The van der Waals surface area contributed by atoms with Crippen LogP contribution in [-0.4, -0.2) is 10.9 Å². The smallest absolute Gasteiger partial charge is 0.221 e. The highest BCUT2D eigenvalue weighted by atomic mass is 16.1. The zero-order chi connectivity index (χ0) is 12.7. The number of primary amides is 1. The van der Waals surface area contributed by atoms with Gasteiger partial charge < -0.3 is 5.73 Å². The first-order chi connectivity index (χ1) is 8.13. The first-order valence-corrected chi connectivity index (χ1v) is 6.36. The van der Waals surface area contributed by atoms with E-state index in [9.17, 15) is 4.79 Å². The van der Waals surface area contributed by atoms with Crippen molar-refractivity contribution in [3.05, 3.63) is 29.6 Å². The number of unbranched alkanes of at least 4 members (excludes halogenated alkanes) is 2. The van der Waals surface area contributed by atoms with Crippen LogP contribution < -0.4 is 5.73 Å². The number of pyridine rings is 1. The fourth-order valence-corrected chi connectivity index (χ4v) is 1.88. The standard InChI is InChI=1S/C14H22N2O/c1-3-4-5-6-11(2)13-8-7-12(10-16-13)9-14(15)17/h7-8,10-11H,3-6,9H2,1-2H3,(H2,15,17). The van der Waals surface area contributed by atoms with Crippen LogP contribution in [0.5, 0.6) is 0 Å². The second-order valence-electron chi connectivity index (χ2n) is 4.63. The van der Waals surface area contributed by atoms with E-state index in [4.69, 9.17) is 5.73 Å². The highest BCUT2D eigenvalue weighted by Crippen LogP contribution is 2.20. The predicted molar refractivity (Wildman–Crippen MR) is 69.7 cm³/mol. The summed E-state index contributed by atoms with van der Waals surface area (Å²) in [7, 11) is 0. The van der Waals surface area contributed by atoms with E-state index in [1.165, 1.54) is 25.7 Å². The molecule has 0 bridgehead atoms. The van der Waals surface area contributed by atoms with E-state index in [0.29, 0.717) is 5.92 Å². The lowest BCUT2D eigenvalue weighted by atomic mass is 9.99. The Morgan fingerprint density at radius 2 is 2.18 bits per heavy atom. The Labute approximate surface area is 103 Å². The third-order valence-corrected chi connectivity index (χ3v) is 2.97. The van der Waals surface area contributed by atoms with Gasteiger partial charge in [-0.25, -0.2) is 0 Å². The average molecular weight is 234 g/mol. The van der Waals surface area contributed by atoms with Crippen LogP contribution in [0.15, 0.2) is 18.3 Å². The van der Waals surface area contributed by atoms with Gasteiger partial charge in [0.25, 0.3) is 0 Å². The lowest BCUT2D eigenvalue weighted by molar-refractivity contribution is -0.117. The van der Waals surface area contributed by atoms with E-state index < -0.39 is 0 Å². The lowest BCUT2D eigenvalue weighted by Gasteiger charge is -2.10. The minimum Gasteiger partial charge on any atom is -0.369 e. The minimum atomic E-state index is -0.310. The first-order valence-electron chi connectivity index (χ1n) is 6.36. The molecule has 17 heavy (non-hydrogen) atoms. The zero-order valence-corrected chi connectivity index (χ0v) is 10.8. The van der Waals surface area contributed by atoms with E-state index in [-0.39, 0.29) is 12.3 Å². The number of nitrogens with zero attached hydrogens (tertiary/aromatic N) is 1. The molecule has 1 amide bonds. The van der Waals surface area contributed by atoms with Gasteiger partial charge >= 0.3 is 0 Å². The first kappa shape index (κ1) is 13.7. The van der Waals surface area contributed by atoms with Crippen molar-refractivity contribution in [2.24, 2.45) is 5.73 Å². The molecule has 1 atom stereocenters. The van der Waals surface area contributed by atoms with E-state index in [2.05, 4.69) is 18.8 Å². The van der Waals surface area contributed by atoms with Crippen molar-refractivity contribution < 1.29 is 4.79 Å². The Kier molecular flexibility index (Phi) is 5.67. The third-order valence-electron chi connectivity index (χ3n) is 2.97. The number of hydrogen-bond donors (Lipinski definition) is 1. The van der Waals surface area contributed by atoms with Crippen LogP contribution in [0.3, 0.4) is 0 Å². The van der Waals surface area contributed by atoms with Crippen LogP contribution in [0.2, 0.25) is 0 Å². The normalized spacial score (nSPS) is 12.4. The SMILES string of the molecule is CCCCCC(C)c1ccc(CC(N)=O)cn1. The largest absolute Gasteiger partial charge is 0.369 e. The van der Waals surface area contributed by atoms with Crippen LogP contribution in [0.1, 0.15) is 56.7 Å². The summed E-state index contributed by atoms with van der Waals surface area (Å²) in [6, 6.07) is 3.96. The summed E-state index contributed by atoms with van der Waals surface area (Å²) >= 11 is 0. The van der Waals surface area contributed by atoms with E-state index in [1.54, 1.807) is 6.20 Å². The average Bonchev–Trinajstić information content (AvgIpc) is 2.29. The Morgan fingerprint density at radius 1 is 1.41 bits per heavy atom. The number of nitrogens with two attached hydrogens (primary N) is 1. The molecule has 94 valence electrons. The molecule has 1 aromatic heterocycles. The summed E-state index contributed by atoms with van der Waals surface area (Å²) in [5.74, 6) is 0.180. The van der Waals surface area contributed by atoms with Crippen molar-refractivity contribution in [1.82, 2.24) is 4.98 Å². The van der Waals surface area contributed by atoms with Crippen LogP contribution >= 0.6 is 0 Å². The highest BCUT2D eigenvalue weighted by molar-refractivity contribution is 5.76. The number of amides is 1. The maximum Gasteiger partial charge on any atom is 0.221 e. The Balaban J connectivity index is 2.51. The van der Waals surface area contributed by atoms with Crippen LogP contribution in [0, 0.1) is 0 Å². The predicted octanol–water partition coefficient (Wildman–Crippen LogP) is 2.79. The van der Waals surface area contributed by atoms with Crippen LogP contribution in [-0.2, 0) is 11.2 Å². The zero-order valence-electron chi connectivity index (χ0n) is 10.8. The summed E-state index contributed by atoms with van der Waals surface area (Å²) in [6.45, 7) is 4.41. The number of aromatic nitrogens is 1. The van der Waals surface area contributed by atoms with Gasteiger partial charge in [0.15, 0.2) is 0 Å². The molecule has 0 fully saturated rings. The summed E-state index contributed by atoms with van der Waals surface area (Å²) in [5.41, 5.74) is 7.13. The molecule has 0 aromatic carbocycles. The van der Waals surface area contributed by atoms with Gasteiger partial charge in [0.2, 0.25) is 5.91 Å². The molecule has 1 rings (SSSR count). The maximum atomic E-state index is 10.8. The Hall–Kier alpha value is -1.38. The number of carbonyl (C=O) groups is 1. The number of carbonyl (C=O) groups excluding carboxylic acids is 1. The van der Waals surface area contributed by atoms with Gasteiger partial charge in [0.05, 0.1) is 6.42 Å². The molecule has 2 N–H and O–H groups in total. The van der Waals surface area contributed by atoms with Crippen LogP contribution in [0.25, 0.3) is 0 Å². The summed E-state index contributed by atoms with van der Waals surface area (Å²) in [4.78, 5) is 15.2. The van der Waals surface area contributed by atoms with Gasteiger partial charge in [-0.15, -0.1) is 0 Å². The second kappa shape index (κ2) is 7.05. The molecule has 0 radical (unpaired) electrons. The van der Waals surface area contributed by atoms with Crippen molar-refractivity contribution in [3.8, 4) is 0 Å². The van der Waals surface area contributed by atoms with E-state index in [1.807, 2.05) is 12.1 Å². The molecule has 0 saturated heterocycles. The molecule has 1 heterocycles. The molecule has 0 saturated carbocycles. The second-order valence-corrected chi connectivity index (χ2v) is 4.63. The van der Waals surface area contributed by atoms with Crippen molar-refractivity contribution in [3.63, 3.8) is 0 Å². The molecule has 0 aliphatic carbocycles. The highest BCUT2D eigenvalue weighted by Gasteiger charge is 2.07. The molecule has 0 spiro atoms. The van der Waals surface area contributed by atoms with Crippen LogP contribution in [0.4, 0.5) is 0 Å². The van der Waals surface area contributed by atoms with Crippen molar-refractivity contribution in [2.45, 2.75) is 51.9 Å². The maximum absolute atomic E-state index is 10.8. The number of hydrogen-bond acceptors (Lipinski definition) is 2. The molecular weight excluding hydrogens is 212 g/mol. The lowest BCUT2D eigenvalue weighted by Crippen LogP contribution is -2.13. The third kappa shape index (κ3) is 4.98. The molecule has 1 aromatic rings. The number of rotatable bonds is 7. The summed E-state index contributed by atoms with van der Waals surface area (Å²) in [6.07, 6.45) is 6.99. The van der Waals surface area contributed by atoms with Gasteiger partial charge in [-0.1, -0.05) is 39.2 Å². The van der Waals surface area contributed by atoms with Gasteiger partial charge in [-0.2, -0.15) is 0 Å². The Bertz CT molecular complexity index is 346. The molecule has 1 unspecified atom stereocenters. The Morgan fingerprint density at radius 3 is 2.71 bits per heavy atom. The fourth-order valence-electron chi connectivity index (χ4n) is 1.88.